The molecule has 2 fully saturated rings. The average molecular weight is 370 g/mol. The van der Waals surface area contributed by atoms with Gasteiger partial charge in [-0.2, -0.15) is 0 Å². The van der Waals surface area contributed by atoms with Gasteiger partial charge in [-0.15, -0.1) is 0 Å². The predicted molar refractivity (Wildman–Crippen MR) is 78.2 cm³/mol. The molecule has 0 aromatic heterocycles. The van der Waals surface area contributed by atoms with E-state index < -0.39 is 68.0 Å². The summed E-state index contributed by atoms with van der Waals surface area (Å²) in [4.78, 5) is 0. The molecular weight excluding hydrogens is 344 g/mol. The first-order valence-electron chi connectivity index (χ1n) is 7.85. The van der Waals surface area contributed by atoms with Crippen LogP contribution in [0.4, 0.5) is 0 Å². The molecule has 2 aliphatic rings. The Morgan fingerprint density at radius 3 is 2.00 bits per heavy atom. The first-order chi connectivity index (χ1) is 11.8. The van der Waals surface area contributed by atoms with Crippen molar-refractivity contribution in [2.24, 2.45) is 0 Å². The Kier molecular flexibility index (Phi) is 7.49. The average Bonchev–Trinajstić information content (AvgIpc) is 2.60. The van der Waals surface area contributed by atoms with E-state index in [1.165, 1.54) is 14.2 Å². The molecule has 0 saturated carbocycles. The maximum absolute atomic E-state index is 10.2. The van der Waals surface area contributed by atoms with Crippen LogP contribution in [0.25, 0.3) is 0 Å². The van der Waals surface area contributed by atoms with Gasteiger partial charge < -0.3 is 54.3 Å². The molecule has 0 aromatic rings. The van der Waals surface area contributed by atoms with E-state index in [0.717, 1.165) is 0 Å². The molecule has 0 bridgehead atoms. The molecule has 6 N–H and O–H groups in total. The van der Waals surface area contributed by atoms with Crippen molar-refractivity contribution in [3.05, 3.63) is 0 Å². The molecule has 2 saturated heterocycles. The quantitative estimate of drug-likeness (QED) is 0.269. The van der Waals surface area contributed by atoms with Crippen molar-refractivity contribution in [2.75, 3.05) is 27.4 Å². The minimum absolute atomic E-state index is 0.0387. The molecule has 2 rings (SSSR count). The fourth-order valence-corrected chi connectivity index (χ4v) is 2.96. The summed E-state index contributed by atoms with van der Waals surface area (Å²) in [6, 6.07) is 0. The largest absolute Gasteiger partial charge is 0.394 e. The maximum Gasteiger partial charge on any atom is 0.187 e. The molecule has 1 unspecified atom stereocenters. The van der Waals surface area contributed by atoms with Crippen LogP contribution in [0.5, 0.6) is 0 Å². The molecule has 0 spiro atoms. The first-order valence-corrected chi connectivity index (χ1v) is 7.85. The summed E-state index contributed by atoms with van der Waals surface area (Å²) in [7, 11) is 2.66. The van der Waals surface area contributed by atoms with Gasteiger partial charge in [0.05, 0.1) is 13.2 Å². The van der Waals surface area contributed by atoms with E-state index in [2.05, 4.69) is 0 Å². The van der Waals surface area contributed by atoms with Crippen molar-refractivity contribution in [3.63, 3.8) is 0 Å². The molecular formula is C14H26O11. The summed E-state index contributed by atoms with van der Waals surface area (Å²) < 4.78 is 26.2. The lowest BCUT2D eigenvalue weighted by molar-refractivity contribution is -0.357. The van der Waals surface area contributed by atoms with E-state index in [4.69, 9.17) is 23.7 Å². The minimum atomic E-state index is -1.69. The predicted octanol–water partition coefficient (Wildman–Crippen LogP) is -4.09. The van der Waals surface area contributed by atoms with Gasteiger partial charge in [-0.25, -0.2) is 0 Å². The van der Waals surface area contributed by atoms with Crippen molar-refractivity contribution in [1.29, 1.82) is 0 Å². The monoisotopic (exact) mass is 370 g/mol. The van der Waals surface area contributed by atoms with Gasteiger partial charge in [-0.3, -0.25) is 0 Å². The Hall–Kier alpha value is -0.440. The van der Waals surface area contributed by atoms with Crippen molar-refractivity contribution in [1.82, 2.24) is 0 Å². The van der Waals surface area contributed by atoms with Gasteiger partial charge in [0.2, 0.25) is 0 Å². The van der Waals surface area contributed by atoms with Crippen molar-refractivity contribution >= 4 is 0 Å². The Morgan fingerprint density at radius 2 is 1.44 bits per heavy atom. The van der Waals surface area contributed by atoms with Crippen LogP contribution in [0, 0.1) is 0 Å². The lowest BCUT2D eigenvalue weighted by atomic mass is 9.97. The van der Waals surface area contributed by atoms with Gasteiger partial charge in [0.15, 0.2) is 12.6 Å². The van der Waals surface area contributed by atoms with E-state index in [0.29, 0.717) is 0 Å². The van der Waals surface area contributed by atoms with Crippen molar-refractivity contribution in [2.45, 2.75) is 61.4 Å². The smallest absolute Gasteiger partial charge is 0.187 e. The van der Waals surface area contributed by atoms with Gasteiger partial charge in [-0.1, -0.05) is 0 Å². The summed E-state index contributed by atoms with van der Waals surface area (Å²) in [5, 5.41) is 59.0. The SMILES string of the molecule is COC[C@H]1O[C@@H](O[C@H]2[C@H](O)[C@@H](O)C(O)O[C@@H]2CO)[C@H](OC)[C@@H](O)[C@H]1O. The Balaban J connectivity index is 2.16. The lowest BCUT2D eigenvalue weighted by Gasteiger charge is -2.46. The topological polar surface area (TPSA) is 168 Å². The van der Waals surface area contributed by atoms with E-state index >= 15 is 0 Å². The molecule has 25 heavy (non-hydrogen) atoms. The lowest BCUT2D eigenvalue weighted by Crippen LogP contribution is -2.64. The summed E-state index contributed by atoms with van der Waals surface area (Å²) >= 11 is 0. The number of aliphatic hydroxyl groups is 6. The highest BCUT2D eigenvalue weighted by atomic mass is 16.7. The van der Waals surface area contributed by atoms with Crippen LogP contribution in [0.2, 0.25) is 0 Å². The van der Waals surface area contributed by atoms with Crippen LogP contribution in [0.1, 0.15) is 0 Å². The molecule has 11 heteroatoms. The highest BCUT2D eigenvalue weighted by Crippen LogP contribution is 2.29. The molecule has 2 heterocycles. The third-order valence-electron chi connectivity index (χ3n) is 4.38. The van der Waals surface area contributed by atoms with Gasteiger partial charge >= 0.3 is 0 Å². The number of hydrogen-bond acceptors (Lipinski definition) is 11. The second kappa shape index (κ2) is 8.97. The van der Waals surface area contributed by atoms with E-state index in [-0.39, 0.29) is 6.61 Å². The third-order valence-corrected chi connectivity index (χ3v) is 4.38. The first kappa shape index (κ1) is 20.9. The maximum atomic E-state index is 10.2. The number of methoxy groups -OCH3 is 2. The zero-order valence-electron chi connectivity index (χ0n) is 13.9. The highest BCUT2D eigenvalue weighted by molar-refractivity contribution is 4.94. The molecule has 10 atom stereocenters. The molecule has 0 amide bonds. The Labute approximate surface area is 144 Å². The van der Waals surface area contributed by atoms with Crippen molar-refractivity contribution in [3.8, 4) is 0 Å². The zero-order valence-corrected chi connectivity index (χ0v) is 13.9. The number of aliphatic hydroxyl groups excluding tert-OH is 6. The summed E-state index contributed by atoms with van der Waals surface area (Å²) in [5.41, 5.74) is 0. The normalized spacial score (nSPS) is 48.5. The van der Waals surface area contributed by atoms with Gasteiger partial charge in [0, 0.05) is 14.2 Å². The molecule has 11 nitrogen and oxygen atoms in total. The fraction of sp³-hybridized carbons (Fsp3) is 1.00. The third kappa shape index (κ3) is 4.28. The Morgan fingerprint density at radius 1 is 0.800 bits per heavy atom. The van der Waals surface area contributed by atoms with E-state index in [9.17, 15) is 30.6 Å². The number of rotatable bonds is 6. The van der Waals surface area contributed by atoms with Gasteiger partial charge in [-0.05, 0) is 0 Å². The van der Waals surface area contributed by atoms with Gasteiger partial charge in [0.25, 0.3) is 0 Å². The molecule has 0 aromatic carbocycles. The van der Waals surface area contributed by atoms with Crippen LogP contribution in [-0.4, -0.2) is 119 Å². The summed E-state index contributed by atoms with van der Waals surface area (Å²) in [6.45, 7) is -0.647. The summed E-state index contributed by atoms with van der Waals surface area (Å²) in [6.07, 6.45) is -13.3. The Bertz CT molecular complexity index is 406. The van der Waals surface area contributed by atoms with E-state index in [1.807, 2.05) is 0 Å². The summed E-state index contributed by atoms with van der Waals surface area (Å²) in [5.74, 6) is 0. The van der Waals surface area contributed by atoms with Crippen LogP contribution in [0.3, 0.4) is 0 Å². The molecule has 0 aliphatic carbocycles. The highest BCUT2D eigenvalue weighted by Gasteiger charge is 2.50. The van der Waals surface area contributed by atoms with Crippen LogP contribution in [-0.2, 0) is 23.7 Å². The van der Waals surface area contributed by atoms with Crippen LogP contribution >= 0.6 is 0 Å². The second-order valence-electron chi connectivity index (χ2n) is 6.01. The minimum Gasteiger partial charge on any atom is -0.394 e. The standard InChI is InChI=1S/C14H26O11/c1-21-4-6-7(16)8(17)12(22-2)14(24-6)25-11-5(3-15)23-13(20)10(19)9(11)18/h5-20H,3-4H2,1-2H3/t5-,6-,7+,8+,9-,10-,11-,12-,13?,14+/m1/s1. The van der Waals surface area contributed by atoms with Crippen LogP contribution in [0.15, 0.2) is 0 Å². The van der Waals surface area contributed by atoms with E-state index in [1.54, 1.807) is 0 Å². The van der Waals surface area contributed by atoms with Gasteiger partial charge in [0.1, 0.15) is 48.8 Å². The number of ether oxygens (including phenoxy) is 5. The van der Waals surface area contributed by atoms with Crippen LogP contribution < -0.4 is 0 Å². The fourth-order valence-electron chi connectivity index (χ4n) is 2.96. The van der Waals surface area contributed by atoms with Crippen molar-refractivity contribution < 1.29 is 54.3 Å². The molecule has 2 aliphatic heterocycles. The molecule has 148 valence electrons. The zero-order chi connectivity index (χ0) is 18.7. The second-order valence-corrected chi connectivity index (χ2v) is 6.01. The molecule has 0 radical (unpaired) electrons. The number of hydrogen-bond donors (Lipinski definition) is 6.